The van der Waals surface area contributed by atoms with Gasteiger partial charge in [0.05, 0.1) is 6.07 Å². The zero-order chi connectivity index (χ0) is 10.0. The third kappa shape index (κ3) is 1.44. The monoisotopic (exact) mass is 180 g/mol. The quantitative estimate of drug-likeness (QED) is 0.666. The lowest BCUT2D eigenvalue weighted by Crippen LogP contribution is -2.04. The highest BCUT2D eigenvalue weighted by Crippen LogP contribution is 2.14. The van der Waals surface area contributed by atoms with E-state index in [1.165, 1.54) is 4.68 Å². The Kier molecular flexibility index (Phi) is 2.19. The first-order chi connectivity index (χ1) is 6.07. The fourth-order valence-corrected chi connectivity index (χ4v) is 0.955. The average Bonchev–Trinajstić information content (AvgIpc) is 2.33. The zero-order valence-electron chi connectivity index (χ0n) is 6.98. The molecule has 1 aromatic heterocycles. The second kappa shape index (κ2) is 3.15. The molecule has 0 aliphatic carbocycles. The topological polar surface area (TPSA) is 105 Å². The Morgan fingerprint density at radius 2 is 2.46 bits per heavy atom. The molecule has 0 aliphatic rings. The van der Waals surface area contributed by atoms with E-state index in [-0.39, 0.29) is 18.1 Å². The number of carboxylic acids is 1. The van der Waals surface area contributed by atoms with Crippen LogP contribution < -0.4 is 5.73 Å². The molecule has 0 saturated heterocycles. The van der Waals surface area contributed by atoms with Gasteiger partial charge in [0.25, 0.3) is 0 Å². The van der Waals surface area contributed by atoms with Crippen molar-refractivity contribution in [2.24, 2.45) is 0 Å². The SMILES string of the molecule is Cc1c(C(=O)O)nn(CC#N)c1N. The van der Waals surface area contributed by atoms with Gasteiger partial charge < -0.3 is 10.8 Å². The molecule has 0 fully saturated rings. The molecule has 0 radical (unpaired) electrons. The van der Waals surface area contributed by atoms with Crippen molar-refractivity contribution in [3.05, 3.63) is 11.3 Å². The first-order valence-electron chi connectivity index (χ1n) is 3.51. The zero-order valence-corrected chi connectivity index (χ0v) is 6.98. The maximum Gasteiger partial charge on any atom is 0.356 e. The van der Waals surface area contributed by atoms with E-state index in [0.29, 0.717) is 5.56 Å². The lowest BCUT2D eigenvalue weighted by atomic mass is 10.2. The van der Waals surface area contributed by atoms with Crippen LogP contribution in [0.3, 0.4) is 0 Å². The molecular weight excluding hydrogens is 172 g/mol. The van der Waals surface area contributed by atoms with Gasteiger partial charge in [0.15, 0.2) is 5.69 Å². The first-order valence-corrected chi connectivity index (χ1v) is 3.51. The van der Waals surface area contributed by atoms with Gasteiger partial charge >= 0.3 is 5.97 Å². The van der Waals surface area contributed by atoms with Crippen LogP contribution >= 0.6 is 0 Å². The lowest BCUT2D eigenvalue weighted by molar-refractivity contribution is 0.0689. The number of nitrogen functional groups attached to an aromatic ring is 1. The van der Waals surface area contributed by atoms with Crippen molar-refractivity contribution < 1.29 is 9.90 Å². The molecule has 3 N–H and O–H groups in total. The van der Waals surface area contributed by atoms with Crippen LogP contribution in [0, 0.1) is 18.3 Å². The summed E-state index contributed by atoms with van der Waals surface area (Å²) in [5.41, 5.74) is 5.80. The molecule has 0 amide bonds. The summed E-state index contributed by atoms with van der Waals surface area (Å²) >= 11 is 0. The highest BCUT2D eigenvalue weighted by molar-refractivity contribution is 5.88. The van der Waals surface area contributed by atoms with Gasteiger partial charge in [-0.1, -0.05) is 0 Å². The van der Waals surface area contributed by atoms with Crippen molar-refractivity contribution >= 4 is 11.8 Å². The third-order valence-electron chi connectivity index (χ3n) is 1.66. The molecule has 68 valence electrons. The number of carbonyl (C=O) groups is 1. The fourth-order valence-electron chi connectivity index (χ4n) is 0.955. The van der Waals surface area contributed by atoms with Crippen molar-refractivity contribution in [2.75, 3.05) is 5.73 Å². The predicted octanol–water partition coefficient (Wildman–Crippen LogP) is -0.00450. The highest BCUT2D eigenvalue weighted by atomic mass is 16.4. The number of hydrogen-bond acceptors (Lipinski definition) is 4. The Hall–Kier alpha value is -2.03. The molecular formula is C7H8N4O2. The Balaban J connectivity index is 3.21. The number of hydrogen-bond donors (Lipinski definition) is 2. The molecule has 0 atom stereocenters. The first kappa shape index (κ1) is 9.06. The van der Waals surface area contributed by atoms with Crippen LogP contribution in [0.25, 0.3) is 0 Å². The normalized spacial score (nSPS) is 9.54. The fraction of sp³-hybridized carbons (Fsp3) is 0.286. The standard InChI is InChI=1S/C7H8N4O2/c1-4-5(7(12)13)10-11(3-2-8)6(4)9/h3,9H2,1H3,(H,12,13). The minimum atomic E-state index is -1.14. The maximum absolute atomic E-state index is 10.6. The molecule has 0 aromatic carbocycles. The predicted molar refractivity (Wildman–Crippen MR) is 43.9 cm³/mol. The number of rotatable bonds is 2. The van der Waals surface area contributed by atoms with Crippen LogP contribution in [0.4, 0.5) is 5.82 Å². The average molecular weight is 180 g/mol. The molecule has 6 nitrogen and oxygen atoms in total. The molecule has 0 saturated carbocycles. The molecule has 13 heavy (non-hydrogen) atoms. The number of anilines is 1. The van der Waals surface area contributed by atoms with Gasteiger partial charge in [-0.3, -0.25) is 0 Å². The summed E-state index contributed by atoms with van der Waals surface area (Å²) in [5, 5.41) is 20.7. The van der Waals surface area contributed by atoms with E-state index in [9.17, 15) is 4.79 Å². The molecule has 0 bridgehead atoms. The summed E-state index contributed by atoms with van der Waals surface area (Å²) in [6, 6.07) is 1.83. The number of carboxylic acid groups (broad SMARTS) is 1. The van der Waals surface area contributed by atoms with Gasteiger partial charge in [-0.05, 0) is 6.92 Å². The molecule has 1 aromatic rings. The number of nitrogens with two attached hydrogens (primary N) is 1. The van der Waals surface area contributed by atoms with Crippen molar-refractivity contribution in [1.82, 2.24) is 9.78 Å². The van der Waals surface area contributed by atoms with Gasteiger partial charge in [-0.25, -0.2) is 9.48 Å². The van der Waals surface area contributed by atoms with Crippen molar-refractivity contribution in [1.29, 1.82) is 5.26 Å². The van der Waals surface area contributed by atoms with Crippen molar-refractivity contribution in [3.63, 3.8) is 0 Å². The smallest absolute Gasteiger partial charge is 0.356 e. The van der Waals surface area contributed by atoms with Crippen molar-refractivity contribution in [2.45, 2.75) is 13.5 Å². The Morgan fingerprint density at radius 1 is 1.85 bits per heavy atom. The van der Waals surface area contributed by atoms with Gasteiger partial charge in [0, 0.05) is 5.56 Å². The second-order valence-electron chi connectivity index (χ2n) is 2.48. The summed E-state index contributed by atoms with van der Waals surface area (Å²) in [6.07, 6.45) is 0. The van der Waals surface area contributed by atoms with E-state index in [4.69, 9.17) is 16.1 Å². The number of aromatic nitrogens is 2. The molecule has 0 unspecified atom stereocenters. The van der Waals surface area contributed by atoms with Crippen molar-refractivity contribution in [3.8, 4) is 6.07 Å². The highest BCUT2D eigenvalue weighted by Gasteiger charge is 2.16. The summed E-state index contributed by atoms with van der Waals surface area (Å²) in [5.74, 6) is -0.917. The number of nitriles is 1. The third-order valence-corrected chi connectivity index (χ3v) is 1.66. The molecule has 0 aliphatic heterocycles. The molecule has 0 spiro atoms. The minimum absolute atomic E-state index is 0.0417. The molecule has 1 rings (SSSR count). The van der Waals surface area contributed by atoms with Gasteiger partial charge in [-0.2, -0.15) is 10.4 Å². The van der Waals surface area contributed by atoms with Crippen LogP contribution in [0.2, 0.25) is 0 Å². The summed E-state index contributed by atoms with van der Waals surface area (Å²) in [4.78, 5) is 10.6. The van der Waals surface area contributed by atoms with E-state index < -0.39 is 5.97 Å². The number of nitrogens with zero attached hydrogens (tertiary/aromatic N) is 3. The van der Waals surface area contributed by atoms with Crippen LogP contribution in [0.15, 0.2) is 0 Å². The Labute approximate surface area is 74.2 Å². The van der Waals surface area contributed by atoms with E-state index >= 15 is 0 Å². The second-order valence-corrected chi connectivity index (χ2v) is 2.48. The Morgan fingerprint density at radius 3 is 2.85 bits per heavy atom. The molecule has 1 heterocycles. The lowest BCUT2D eigenvalue weighted by Gasteiger charge is -1.95. The Bertz CT molecular complexity index is 388. The van der Waals surface area contributed by atoms with Crippen LogP contribution in [0.5, 0.6) is 0 Å². The van der Waals surface area contributed by atoms with Gasteiger partial charge in [0.1, 0.15) is 12.4 Å². The van der Waals surface area contributed by atoms with Gasteiger partial charge in [0.2, 0.25) is 0 Å². The van der Waals surface area contributed by atoms with Gasteiger partial charge in [-0.15, -0.1) is 0 Å². The van der Waals surface area contributed by atoms with E-state index in [1.54, 1.807) is 6.92 Å². The van der Waals surface area contributed by atoms with Crippen LogP contribution in [-0.2, 0) is 6.54 Å². The summed E-state index contributed by atoms with van der Waals surface area (Å²) < 4.78 is 1.17. The van der Waals surface area contributed by atoms with E-state index in [1.807, 2.05) is 6.07 Å². The van der Waals surface area contributed by atoms with Crippen LogP contribution in [-0.4, -0.2) is 20.9 Å². The maximum atomic E-state index is 10.6. The minimum Gasteiger partial charge on any atom is -0.476 e. The van der Waals surface area contributed by atoms with Crippen LogP contribution in [0.1, 0.15) is 16.1 Å². The van der Waals surface area contributed by atoms with E-state index in [2.05, 4.69) is 5.10 Å². The van der Waals surface area contributed by atoms with E-state index in [0.717, 1.165) is 0 Å². The summed E-state index contributed by atoms with van der Waals surface area (Å²) in [7, 11) is 0. The number of aromatic carboxylic acids is 1. The molecule has 6 heteroatoms. The largest absolute Gasteiger partial charge is 0.476 e. The summed E-state index contributed by atoms with van der Waals surface area (Å²) in [6.45, 7) is 1.51.